The van der Waals surface area contributed by atoms with Gasteiger partial charge in [-0.05, 0) is 31.2 Å². The lowest BCUT2D eigenvalue weighted by atomic mass is 9.96. The van der Waals surface area contributed by atoms with Crippen molar-refractivity contribution in [3.8, 4) is 0 Å². The van der Waals surface area contributed by atoms with Gasteiger partial charge in [-0.1, -0.05) is 36.2 Å². The zero-order valence-electron chi connectivity index (χ0n) is 9.56. The molecule has 0 heterocycles. The van der Waals surface area contributed by atoms with Crippen LogP contribution in [-0.2, 0) is 6.42 Å². The molecular formula is C12H17Cl2NO. The summed E-state index contributed by atoms with van der Waals surface area (Å²) in [4.78, 5) is 0. The lowest BCUT2D eigenvalue weighted by molar-refractivity contribution is 0.0607. The molecule has 1 rings (SSSR count). The highest BCUT2D eigenvalue weighted by Crippen LogP contribution is 2.24. The van der Waals surface area contributed by atoms with E-state index in [1.807, 2.05) is 13.0 Å². The Bertz CT molecular complexity index is 353. The molecule has 2 N–H and O–H groups in total. The van der Waals surface area contributed by atoms with Gasteiger partial charge < -0.3 is 10.4 Å². The van der Waals surface area contributed by atoms with Gasteiger partial charge in [-0.25, -0.2) is 0 Å². The molecule has 0 fully saturated rings. The third kappa shape index (κ3) is 4.30. The van der Waals surface area contributed by atoms with Crippen LogP contribution in [0.2, 0.25) is 10.0 Å². The smallest absolute Gasteiger partial charge is 0.0784 e. The van der Waals surface area contributed by atoms with Gasteiger partial charge in [0.1, 0.15) is 0 Å². The molecule has 16 heavy (non-hydrogen) atoms. The zero-order chi connectivity index (χ0) is 12.2. The summed E-state index contributed by atoms with van der Waals surface area (Å²) in [7, 11) is 0. The molecule has 0 spiro atoms. The number of halogens is 2. The fourth-order valence-corrected chi connectivity index (χ4v) is 2.01. The third-order valence-electron chi connectivity index (χ3n) is 2.34. The van der Waals surface area contributed by atoms with Crippen LogP contribution >= 0.6 is 23.2 Å². The number of likely N-dealkylation sites (N-methyl/N-ethyl adjacent to an activating group) is 1. The Morgan fingerprint density at radius 2 is 2.06 bits per heavy atom. The summed E-state index contributed by atoms with van der Waals surface area (Å²) in [6.07, 6.45) is 0.510. The molecule has 0 aliphatic heterocycles. The second kappa shape index (κ2) is 5.87. The molecule has 1 aromatic rings. The predicted octanol–water partition coefficient (Wildman–Crippen LogP) is 2.90. The average Bonchev–Trinajstić information content (AvgIpc) is 2.19. The van der Waals surface area contributed by atoms with Crippen molar-refractivity contribution in [3.63, 3.8) is 0 Å². The van der Waals surface area contributed by atoms with E-state index >= 15 is 0 Å². The molecule has 1 aromatic carbocycles. The molecule has 90 valence electrons. The number of nitrogens with one attached hydrogen (secondary N) is 1. The lowest BCUT2D eigenvalue weighted by Gasteiger charge is -2.24. The second-order valence-electron chi connectivity index (χ2n) is 4.19. The summed E-state index contributed by atoms with van der Waals surface area (Å²) in [5.41, 5.74) is 0.113. The molecule has 0 saturated heterocycles. The highest BCUT2D eigenvalue weighted by molar-refractivity contribution is 6.35. The van der Waals surface area contributed by atoms with Crippen molar-refractivity contribution in [2.45, 2.75) is 25.9 Å². The van der Waals surface area contributed by atoms with Crippen molar-refractivity contribution >= 4 is 23.2 Å². The number of hydrogen-bond donors (Lipinski definition) is 2. The van der Waals surface area contributed by atoms with Gasteiger partial charge in [0, 0.05) is 23.0 Å². The van der Waals surface area contributed by atoms with Crippen LogP contribution in [0.25, 0.3) is 0 Å². The standard InChI is InChI=1S/C12H17Cl2NO/c1-3-15-8-12(2,16)7-9-4-5-10(13)6-11(9)14/h4-6,15-16H,3,7-8H2,1-2H3. The van der Waals surface area contributed by atoms with Gasteiger partial charge in [0.25, 0.3) is 0 Å². The largest absolute Gasteiger partial charge is 0.389 e. The summed E-state index contributed by atoms with van der Waals surface area (Å²) >= 11 is 11.9. The Morgan fingerprint density at radius 3 is 2.62 bits per heavy atom. The first-order chi connectivity index (χ1) is 7.44. The van der Waals surface area contributed by atoms with Gasteiger partial charge in [0.15, 0.2) is 0 Å². The summed E-state index contributed by atoms with van der Waals surface area (Å²) in [5, 5.41) is 14.5. The maximum absolute atomic E-state index is 10.1. The van der Waals surface area contributed by atoms with Crippen molar-refractivity contribution in [2.24, 2.45) is 0 Å². The van der Waals surface area contributed by atoms with Crippen LogP contribution < -0.4 is 5.32 Å². The van der Waals surface area contributed by atoms with E-state index in [-0.39, 0.29) is 0 Å². The fourth-order valence-electron chi connectivity index (χ4n) is 1.53. The molecule has 0 aliphatic rings. The molecule has 0 aliphatic carbocycles. The minimum atomic E-state index is -0.798. The Morgan fingerprint density at radius 1 is 1.38 bits per heavy atom. The van der Waals surface area contributed by atoms with Gasteiger partial charge in [-0.2, -0.15) is 0 Å². The predicted molar refractivity (Wildman–Crippen MR) is 69.3 cm³/mol. The summed E-state index contributed by atoms with van der Waals surface area (Å²) in [6, 6.07) is 5.33. The summed E-state index contributed by atoms with van der Waals surface area (Å²) < 4.78 is 0. The molecule has 1 unspecified atom stereocenters. The van der Waals surface area contributed by atoms with Crippen LogP contribution in [0.15, 0.2) is 18.2 Å². The minimum absolute atomic E-state index is 0.510. The number of rotatable bonds is 5. The normalized spacial score (nSPS) is 14.8. The molecule has 0 bridgehead atoms. The van der Waals surface area contributed by atoms with Gasteiger partial charge in [0.2, 0.25) is 0 Å². The van der Waals surface area contributed by atoms with E-state index in [1.165, 1.54) is 0 Å². The molecule has 2 nitrogen and oxygen atoms in total. The van der Waals surface area contributed by atoms with E-state index < -0.39 is 5.60 Å². The second-order valence-corrected chi connectivity index (χ2v) is 5.03. The number of aliphatic hydroxyl groups is 1. The molecule has 4 heteroatoms. The zero-order valence-corrected chi connectivity index (χ0v) is 11.1. The first-order valence-electron chi connectivity index (χ1n) is 5.31. The monoisotopic (exact) mass is 261 g/mol. The van der Waals surface area contributed by atoms with Crippen molar-refractivity contribution in [2.75, 3.05) is 13.1 Å². The molecular weight excluding hydrogens is 245 g/mol. The van der Waals surface area contributed by atoms with Crippen molar-refractivity contribution < 1.29 is 5.11 Å². The van der Waals surface area contributed by atoms with Crippen LogP contribution in [0.5, 0.6) is 0 Å². The highest BCUT2D eigenvalue weighted by Gasteiger charge is 2.21. The van der Waals surface area contributed by atoms with E-state index in [1.54, 1.807) is 19.1 Å². The van der Waals surface area contributed by atoms with Crippen molar-refractivity contribution in [3.05, 3.63) is 33.8 Å². The average molecular weight is 262 g/mol. The Kier molecular flexibility index (Phi) is 5.06. The number of hydrogen-bond acceptors (Lipinski definition) is 2. The topological polar surface area (TPSA) is 32.3 Å². The Labute approximate surface area is 107 Å². The van der Waals surface area contributed by atoms with Crippen LogP contribution in [0, 0.1) is 0 Å². The third-order valence-corrected chi connectivity index (χ3v) is 2.93. The lowest BCUT2D eigenvalue weighted by Crippen LogP contribution is -2.39. The fraction of sp³-hybridized carbons (Fsp3) is 0.500. The molecule has 0 saturated carbocycles. The Balaban J connectivity index is 2.71. The molecule has 0 amide bonds. The SMILES string of the molecule is CCNCC(C)(O)Cc1ccc(Cl)cc1Cl. The van der Waals surface area contributed by atoms with Gasteiger partial charge in [-0.3, -0.25) is 0 Å². The van der Waals surface area contributed by atoms with E-state index in [4.69, 9.17) is 23.2 Å². The minimum Gasteiger partial charge on any atom is -0.389 e. The van der Waals surface area contributed by atoms with E-state index in [2.05, 4.69) is 5.32 Å². The van der Waals surface area contributed by atoms with Crippen molar-refractivity contribution in [1.82, 2.24) is 5.32 Å². The maximum Gasteiger partial charge on any atom is 0.0784 e. The summed E-state index contributed by atoms with van der Waals surface area (Å²) in [5.74, 6) is 0. The molecule has 0 radical (unpaired) electrons. The summed E-state index contributed by atoms with van der Waals surface area (Å²) in [6.45, 7) is 5.18. The van der Waals surface area contributed by atoms with E-state index in [0.717, 1.165) is 12.1 Å². The van der Waals surface area contributed by atoms with Crippen LogP contribution in [0.4, 0.5) is 0 Å². The van der Waals surface area contributed by atoms with Gasteiger partial charge >= 0.3 is 0 Å². The van der Waals surface area contributed by atoms with Gasteiger partial charge in [0.05, 0.1) is 5.60 Å². The van der Waals surface area contributed by atoms with Crippen molar-refractivity contribution in [1.29, 1.82) is 0 Å². The van der Waals surface area contributed by atoms with Crippen LogP contribution in [0.1, 0.15) is 19.4 Å². The van der Waals surface area contributed by atoms with Gasteiger partial charge in [-0.15, -0.1) is 0 Å². The Hall–Kier alpha value is -0.280. The van der Waals surface area contributed by atoms with Crippen LogP contribution in [0.3, 0.4) is 0 Å². The maximum atomic E-state index is 10.1. The molecule has 1 atom stereocenters. The highest BCUT2D eigenvalue weighted by atomic mass is 35.5. The first kappa shape index (κ1) is 13.8. The first-order valence-corrected chi connectivity index (χ1v) is 6.07. The number of benzene rings is 1. The van der Waals surface area contributed by atoms with E-state index in [9.17, 15) is 5.11 Å². The van der Waals surface area contributed by atoms with Crippen LogP contribution in [-0.4, -0.2) is 23.8 Å². The molecule has 0 aromatic heterocycles. The van der Waals surface area contributed by atoms with E-state index in [0.29, 0.717) is 23.0 Å². The quantitative estimate of drug-likeness (QED) is 0.855.